The highest BCUT2D eigenvalue weighted by Crippen LogP contribution is 2.36. The van der Waals surface area contributed by atoms with E-state index in [4.69, 9.17) is 9.47 Å². The summed E-state index contributed by atoms with van der Waals surface area (Å²) in [4.78, 5) is 18.6. The number of aromatic amines is 1. The monoisotopic (exact) mass is 430 g/mol. The lowest BCUT2D eigenvalue weighted by Crippen LogP contribution is -2.33. The molecular formula is C23H22N6O3. The quantitative estimate of drug-likeness (QED) is 0.519. The molecule has 1 N–H and O–H groups in total. The maximum absolute atomic E-state index is 13.3. The van der Waals surface area contributed by atoms with Crippen molar-refractivity contribution < 1.29 is 9.47 Å². The van der Waals surface area contributed by atoms with Gasteiger partial charge in [-0.05, 0) is 54.1 Å². The van der Waals surface area contributed by atoms with Gasteiger partial charge in [-0.25, -0.2) is 4.68 Å². The van der Waals surface area contributed by atoms with E-state index in [9.17, 15) is 4.79 Å². The molecular weight excluding hydrogens is 408 g/mol. The third-order valence-electron chi connectivity index (χ3n) is 6.15. The van der Waals surface area contributed by atoms with Crippen molar-refractivity contribution in [3.8, 4) is 11.5 Å². The van der Waals surface area contributed by atoms with Crippen molar-refractivity contribution >= 4 is 10.9 Å². The summed E-state index contributed by atoms with van der Waals surface area (Å²) >= 11 is 0. The molecule has 4 heterocycles. The van der Waals surface area contributed by atoms with Crippen LogP contribution in [0.15, 0.2) is 53.3 Å². The van der Waals surface area contributed by atoms with Crippen LogP contribution in [0.25, 0.3) is 10.9 Å². The molecule has 4 aromatic rings. The number of hydrogen-bond donors (Lipinski definition) is 1. The number of H-pyrrole nitrogens is 1. The maximum Gasteiger partial charge on any atom is 0.253 e. The number of likely N-dealkylation sites (tertiary alicyclic amines) is 1. The predicted molar refractivity (Wildman–Crippen MR) is 117 cm³/mol. The standard InChI is InChI=1S/C23H22N6O3/c30-23-17(10-16-11-19-20(32-14-31-19)12-18(16)24-23)21(28-8-4-5-9-28)22-25-26-27-29(22)13-15-6-2-1-3-7-15/h1-3,6-7,10-12,21H,4-5,8-9,13-14H2,(H,24,30)/t21-/m1/s1. The second kappa shape index (κ2) is 7.76. The molecule has 32 heavy (non-hydrogen) atoms. The molecule has 0 bridgehead atoms. The smallest absolute Gasteiger partial charge is 0.253 e. The Kier molecular flexibility index (Phi) is 4.61. The number of nitrogens with zero attached hydrogens (tertiary/aromatic N) is 5. The van der Waals surface area contributed by atoms with Gasteiger partial charge in [-0.3, -0.25) is 9.69 Å². The first kappa shape index (κ1) is 19.0. The first-order valence-electron chi connectivity index (χ1n) is 10.8. The fourth-order valence-corrected chi connectivity index (χ4v) is 4.59. The molecule has 2 aromatic carbocycles. The van der Waals surface area contributed by atoms with Crippen LogP contribution in [-0.2, 0) is 6.54 Å². The highest BCUT2D eigenvalue weighted by Gasteiger charge is 2.32. The summed E-state index contributed by atoms with van der Waals surface area (Å²) in [5.41, 5.74) is 2.29. The summed E-state index contributed by atoms with van der Waals surface area (Å²) in [5, 5.41) is 13.5. The van der Waals surface area contributed by atoms with Gasteiger partial charge >= 0.3 is 0 Å². The van der Waals surface area contributed by atoms with E-state index in [1.807, 2.05) is 48.5 Å². The molecule has 6 rings (SSSR count). The second-order valence-corrected chi connectivity index (χ2v) is 8.17. The Morgan fingerprint density at radius 3 is 2.62 bits per heavy atom. The Bertz CT molecular complexity index is 1330. The first-order chi connectivity index (χ1) is 15.8. The Morgan fingerprint density at radius 1 is 1.03 bits per heavy atom. The Labute approximate surface area is 183 Å². The van der Waals surface area contributed by atoms with Crippen LogP contribution in [0.5, 0.6) is 11.5 Å². The molecule has 0 unspecified atom stereocenters. The Hall–Kier alpha value is -3.72. The third kappa shape index (κ3) is 3.31. The zero-order valence-corrected chi connectivity index (χ0v) is 17.4. The van der Waals surface area contributed by atoms with Gasteiger partial charge in [0.15, 0.2) is 17.3 Å². The van der Waals surface area contributed by atoms with Crippen LogP contribution in [0.1, 0.15) is 35.8 Å². The zero-order chi connectivity index (χ0) is 21.5. The largest absolute Gasteiger partial charge is 0.454 e. The topological polar surface area (TPSA) is 98.2 Å². The van der Waals surface area contributed by atoms with Crippen LogP contribution in [-0.4, -0.2) is 50.0 Å². The van der Waals surface area contributed by atoms with E-state index < -0.39 is 0 Å². The summed E-state index contributed by atoms with van der Waals surface area (Å²) in [5.74, 6) is 1.99. The van der Waals surface area contributed by atoms with Crippen molar-refractivity contribution in [2.45, 2.75) is 25.4 Å². The Balaban J connectivity index is 1.47. The summed E-state index contributed by atoms with van der Waals surface area (Å²) in [6.45, 7) is 2.51. The molecule has 1 fully saturated rings. The molecule has 0 spiro atoms. The third-order valence-corrected chi connectivity index (χ3v) is 6.15. The van der Waals surface area contributed by atoms with Gasteiger partial charge in [0.05, 0.1) is 12.1 Å². The summed E-state index contributed by atoms with van der Waals surface area (Å²) < 4.78 is 12.8. The number of pyridine rings is 1. The van der Waals surface area contributed by atoms with Crippen LogP contribution < -0.4 is 15.0 Å². The molecule has 0 aliphatic carbocycles. The van der Waals surface area contributed by atoms with Crippen molar-refractivity contribution in [1.29, 1.82) is 0 Å². The summed E-state index contributed by atoms with van der Waals surface area (Å²) in [6.07, 6.45) is 2.17. The molecule has 0 radical (unpaired) electrons. The maximum atomic E-state index is 13.3. The van der Waals surface area contributed by atoms with E-state index >= 15 is 0 Å². The molecule has 2 aliphatic rings. The fraction of sp³-hybridized carbons (Fsp3) is 0.304. The van der Waals surface area contributed by atoms with Crippen LogP contribution in [0.3, 0.4) is 0 Å². The SMILES string of the molecule is O=c1[nH]c2cc3c(cc2cc1[C@H](c1nnnn1Cc1ccccc1)N1CCCC1)OCO3. The number of hydrogen-bond acceptors (Lipinski definition) is 7. The van der Waals surface area contributed by atoms with Gasteiger partial charge in [-0.1, -0.05) is 30.3 Å². The number of tetrazole rings is 1. The number of benzene rings is 2. The molecule has 162 valence electrons. The minimum absolute atomic E-state index is 0.150. The molecule has 0 amide bonds. The van der Waals surface area contributed by atoms with Crippen molar-refractivity contribution in [2.75, 3.05) is 19.9 Å². The van der Waals surface area contributed by atoms with E-state index in [0.717, 1.165) is 36.9 Å². The average Bonchev–Trinajstić information content (AvgIpc) is 3.57. The van der Waals surface area contributed by atoms with Crippen LogP contribution in [0.2, 0.25) is 0 Å². The predicted octanol–water partition coefficient (Wildman–Crippen LogP) is 2.48. The van der Waals surface area contributed by atoms with E-state index in [1.54, 1.807) is 4.68 Å². The minimum atomic E-state index is -0.338. The van der Waals surface area contributed by atoms with E-state index in [2.05, 4.69) is 25.4 Å². The lowest BCUT2D eigenvalue weighted by Gasteiger charge is -2.26. The van der Waals surface area contributed by atoms with Crippen LogP contribution in [0.4, 0.5) is 0 Å². The molecule has 1 atom stereocenters. The fourth-order valence-electron chi connectivity index (χ4n) is 4.59. The lowest BCUT2D eigenvalue weighted by atomic mass is 10.0. The molecule has 2 aliphatic heterocycles. The van der Waals surface area contributed by atoms with E-state index in [-0.39, 0.29) is 18.4 Å². The van der Waals surface area contributed by atoms with Gasteiger partial charge in [0.25, 0.3) is 5.56 Å². The summed E-state index contributed by atoms with van der Waals surface area (Å²) in [7, 11) is 0. The van der Waals surface area contributed by atoms with E-state index in [0.29, 0.717) is 34.9 Å². The normalized spacial score (nSPS) is 16.6. The van der Waals surface area contributed by atoms with Crippen molar-refractivity contribution in [3.63, 3.8) is 0 Å². The lowest BCUT2D eigenvalue weighted by molar-refractivity contribution is 0.174. The highest BCUT2D eigenvalue weighted by molar-refractivity contribution is 5.83. The summed E-state index contributed by atoms with van der Waals surface area (Å²) in [6, 6.07) is 15.4. The number of ether oxygens (including phenoxy) is 2. The van der Waals surface area contributed by atoms with Gasteiger partial charge in [0, 0.05) is 17.0 Å². The van der Waals surface area contributed by atoms with Crippen LogP contribution >= 0.6 is 0 Å². The van der Waals surface area contributed by atoms with Gasteiger partial charge in [-0.15, -0.1) is 5.10 Å². The average molecular weight is 430 g/mol. The van der Waals surface area contributed by atoms with Gasteiger partial charge < -0.3 is 14.5 Å². The second-order valence-electron chi connectivity index (χ2n) is 8.17. The van der Waals surface area contributed by atoms with E-state index in [1.165, 1.54) is 0 Å². The molecule has 1 saturated heterocycles. The van der Waals surface area contributed by atoms with Gasteiger partial charge in [-0.2, -0.15) is 0 Å². The van der Waals surface area contributed by atoms with Crippen LogP contribution in [0, 0.1) is 0 Å². The minimum Gasteiger partial charge on any atom is -0.454 e. The Morgan fingerprint density at radius 2 is 1.81 bits per heavy atom. The zero-order valence-electron chi connectivity index (χ0n) is 17.4. The molecule has 9 nitrogen and oxygen atoms in total. The van der Waals surface area contributed by atoms with Gasteiger partial charge in [0.2, 0.25) is 6.79 Å². The first-order valence-corrected chi connectivity index (χ1v) is 10.8. The van der Waals surface area contributed by atoms with Crippen molar-refractivity contribution in [3.05, 3.63) is 75.8 Å². The van der Waals surface area contributed by atoms with Gasteiger partial charge in [0.1, 0.15) is 6.04 Å². The molecule has 0 saturated carbocycles. The van der Waals surface area contributed by atoms with Crippen molar-refractivity contribution in [1.82, 2.24) is 30.1 Å². The number of rotatable bonds is 5. The van der Waals surface area contributed by atoms with Crippen molar-refractivity contribution in [2.24, 2.45) is 0 Å². The number of aromatic nitrogens is 5. The number of fused-ring (bicyclic) bond motifs is 2. The highest BCUT2D eigenvalue weighted by atomic mass is 16.7. The number of nitrogens with one attached hydrogen (secondary N) is 1. The molecule has 9 heteroatoms. The molecule has 2 aromatic heterocycles.